The number of nitrogens with zero attached hydrogens (tertiary/aromatic N) is 5. The molecule has 4 aromatic rings. The molecule has 0 saturated carbocycles. The second-order valence-corrected chi connectivity index (χ2v) is 10.6. The molecule has 2 N–H and O–H groups in total. The molecule has 0 radical (unpaired) electrons. The number of nitrogens with one attached hydrogen (secondary N) is 1. The fourth-order valence-electron chi connectivity index (χ4n) is 5.61. The van der Waals surface area contributed by atoms with Crippen molar-refractivity contribution in [2.45, 2.75) is 50.7 Å². The summed E-state index contributed by atoms with van der Waals surface area (Å²) in [5.74, 6) is 0.227. The van der Waals surface area contributed by atoms with Crippen LogP contribution >= 0.6 is 0 Å². The summed E-state index contributed by atoms with van der Waals surface area (Å²) in [5, 5.41) is 19.1. The molecule has 1 fully saturated rings. The Hall–Kier alpha value is -3.98. The van der Waals surface area contributed by atoms with Crippen LogP contribution in [-0.4, -0.2) is 60.3 Å². The first-order valence-electron chi connectivity index (χ1n) is 13.3. The van der Waals surface area contributed by atoms with Crippen molar-refractivity contribution in [2.75, 3.05) is 25.0 Å². The van der Waals surface area contributed by atoms with Gasteiger partial charge in [0.05, 0.1) is 24.0 Å². The number of imidazole rings is 1. The van der Waals surface area contributed by atoms with E-state index in [0.717, 1.165) is 35.5 Å². The van der Waals surface area contributed by atoms with Gasteiger partial charge in [-0.2, -0.15) is 5.10 Å². The van der Waals surface area contributed by atoms with Crippen molar-refractivity contribution in [3.8, 4) is 11.3 Å². The summed E-state index contributed by atoms with van der Waals surface area (Å²) in [4.78, 5) is 32.4. The third-order valence-corrected chi connectivity index (χ3v) is 7.97. The molecule has 1 atom stereocenters. The molecular formula is C29H32N6O3. The first-order valence-corrected chi connectivity index (χ1v) is 13.3. The van der Waals surface area contributed by atoms with E-state index in [4.69, 9.17) is 0 Å². The number of benzene rings is 2. The van der Waals surface area contributed by atoms with Crippen molar-refractivity contribution in [2.24, 2.45) is 0 Å². The fourth-order valence-corrected chi connectivity index (χ4v) is 5.61. The van der Waals surface area contributed by atoms with Gasteiger partial charge in [0.15, 0.2) is 0 Å². The van der Waals surface area contributed by atoms with Crippen LogP contribution in [-0.2, 0) is 17.8 Å². The van der Waals surface area contributed by atoms with E-state index in [1.807, 2.05) is 47.4 Å². The van der Waals surface area contributed by atoms with Gasteiger partial charge in [0.1, 0.15) is 6.33 Å². The SMILES string of the molecule is C[C@H](CC(=O)N1CCC(O)(Cn2cnn3c(-c4ccc5c(c4)CCN5)cnc3c2=O)CC1)c1ccccc1. The molecule has 38 heavy (non-hydrogen) atoms. The van der Waals surface area contributed by atoms with Gasteiger partial charge >= 0.3 is 0 Å². The molecule has 2 aromatic heterocycles. The fraction of sp³-hybridized carbons (Fsp3) is 0.379. The Morgan fingerprint density at radius 2 is 1.95 bits per heavy atom. The average Bonchev–Trinajstić information content (AvgIpc) is 3.58. The molecule has 2 aliphatic rings. The second kappa shape index (κ2) is 9.72. The van der Waals surface area contributed by atoms with Gasteiger partial charge in [-0.1, -0.05) is 43.3 Å². The van der Waals surface area contributed by atoms with E-state index in [-0.39, 0.29) is 29.6 Å². The van der Waals surface area contributed by atoms with E-state index in [2.05, 4.69) is 28.4 Å². The average molecular weight is 513 g/mol. The Balaban J connectivity index is 1.13. The Bertz CT molecular complexity index is 1540. The number of aliphatic hydroxyl groups is 1. The van der Waals surface area contributed by atoms with Gasteiger partial charge in [0.2, 0.25) is 11.6 Å². The predicted octanol–water partition coefficient (Wildman–Crippen LogP) is 3.07. The molecule has 9 heteroatoms. The van der Waals surface area contributed by atoms with E-state index in [1.165, 1.54) is 16.5 Å². The van der Waals surface area contributed by atoms with Crippen molar-refractivity contribution < 1.29 is 9.90 Å². The van der Waals surface area contributed by atoms with Crippen molar-refractivity contribution in [3.05, 3.63) is 82.5 Å². The predicted molar refractivity (Wildman–Crippen MR) is 145 cm³/mol. The zero-order chi connectivity index (χ0) is 26.3. The number of anilines is 1. The molecule has 0 aliphatic carbocycles. The topological polar surface area (TPSA) is 105 Å². The normalized spacial score (nSPS) is 17.3. The number of aromatic nitrogens is 4. The highest BCUT2D eigenvalue weighted by atomic mass is 16.3. The third-order valence-electron chi connectivity index (χ3n) is 7.97. The Morgan fingerprint density at radius 1 is 1.16 bits per heavy atom. The van der Waals surface area contributed by atoms with Gasteiger partial charge < -0.3 is 15.3 Å². The highest BCUT2D eigenvalue weighted by Gasteiger charge is 2.35. The van der Waals surface area contributed by atoms with Crippen LogP contribution in [0.1, 0.15) is 43.2 Å². The number of fused-ring (bicyclic) bond motifs is 2. The van der Waals surface area contributed by atoms with Crippen LogP contribution in [0.25, 0.3) is 16.9 Å². The van der Waals surface area contributed by atoms with Crippen LogP contribution < -0.4 is 10.9 Å². The van der Waals surface area contributed by atoms with Crippen molar-refractivity contribution >= 4 is 17.2 Å². The minimum atomic E-state index is -1.09. The summed E-state index contributed by atoms with van der Waals surface area (Å²) >= 11 is 0. The summed E-state index contributed by atoms with van der Waals surface area (Å²) in [7, 11) is 0. The van der Waals surface area contributed by atoms with Crippen molar-refractivity contribution in [1.29, 1.82) is 0 Å². The van der Waals surface area contributed by atoms with Crippen LogP contribution in [0.15, 0.2) is 65.8 Å². The quantitative estimate of drug-likeness (QED) is 0.412. The highest BCUT2D eigenvalue weighted by molar-refractivity contribution is 5.77. The monoisotopic (exact) mass is 512 g/mol. The van der Waals surface area contributed by atoms with E-state index in [9.17, 15) is 14.7 Å². The Labute approximate surface area is 220 Å². The lowest BCUT2D eigenvalue weighted by Gasteiger charge is -2.38. The first-order chi connectivity index (χ1) is 18.4. The Morgan fingerprint density at radius 3 is 2.74 bits per heavy atom. The number of carbonyl (C=O) groups is 1. The number of likely N-dealkylation sites (tertiary alicyclic amines) is 1. The standard InChI is InChI=1S/C29H32N6O3/c1-20(21-5-3-2-4-6-21)15-26(36)33-13-10-29(38,11-14-33)18-34-19-32-35-25(17-31-27(35)28(34)37)23-7-8-24-22(16-23)9-12-30-24/h2-8,16-17,19-20,30,38H,9-15,18H2,1H3/t20-/m1/s1. The number of carbonyl (C=O) groups excluding carboxylic acids is 1. The molecule has 1 saturated heterocycles. The van der Waals surface area contributed by atoms with Gasteiger partial charge in [0.25, 0.3) is 5.56 Å². The summed E-state index contributed by atoms with van der Waals surface area (Å²) in [6.07, 6.45) is 5.36. The molecule has 0 unspecified atom stereocenters. The van der Waals surface area contributed by atoms with E-state index < -0.39 is 5.60 Å². The summed E-state index contributed by atoms with van der Waals surface area (Å²) < 4.78 is 3.01. The summed E-state index contributed by atoms with van der Waals surface area (Å²) in [6, 6.07) is 16.2. The third kappa shape index (κ3) is 4.58. The minimum absolute atomic E-state index is 0.0934. The van der Waals surface area contributed by atoms with Gasteiger partial charge in [-0.15, -0.1) is 0 Å². The molecule has 1 amide bonds. The molecule has 2 aliphatic heterocycles. The number of hydrogen-bond acceptors (Lipinski definition) is 6. The molecule has 0 bridgehead atoms. The number of amides is 1. The molecule has 4 heterocycles. The zero-order valence-electron chi connectivity index (χ0n) is 21.5. The number of hydrogen-bond donors (Lipinski definition) is 2. The maximum atomic E-state index is 13.3. The maximum Gasteiger partial charge on any atom is 0.296 e. The van der Waals surface area contributed by atoms with E-state index in [0.29, 0.717) is 32.4 Å². The number of piperidine rings is 1. The second-order valence-electron chi connectivity index (χ2n) is 10.6. The molecule has 6 rings (SSSR count). The van der Waals surface area contributed by atoms with Gasteiger partial charge in [0, 0.05) is 37.3 Å². The van der Waals surface area contributed by atoms with Crippen LogP contribution in [0.4, 0.5) is 5.69 Å². The number of rotatable bonds is 6. The molecular weight excluding hydrogens is 480 g/mol. The lowest BCUT2D eigenvalue weighted by Crippen LogP contribution is -2.50. The summed E-state index contributed by atoms with van der Waals surface area (Å²) in [5.41, 5.74) is 4.10. The highest BCUT2D eigenvalue weighted by Crippen LogP contribution is 2.29. The van der Waals surface area contributed by atoms with Crippen molar-refractivity contribution in [3.63, 3.8) is 0 Å². The van der Waals surface area contributed by atoms with Gasteiger partial charge in [-0.3, -0.25) is 14.2 Å². The lowest BCUT2D eigenvalue weighted by atomic mass is 9.90. The van der Waals surface area contributed by atoms with Crippen LogP contribution in [0.3, 0.4) is 0 Å². The van der Waals surface area contributed by atoms with E-state index in [1.54, 1.807) is 10.7 Å². The first kappa shape index (κ1) is 24.4. The largest absolute Gasteiger partial charge is 0.388 e. The zero-order valence-corrected chi connectivity index (χ0v) is 21.5. The lowest BCUT2D eigenvalue weighted by molar-refractivity contribution is -0.136. The molecule has 2 aromatic carbocycles. The van der Waals surface area contributed by atoms with Gasteiger partial charge in [-0.25, -0.2) is 9.50 Å². The maximum absolute atomic E-state index is 13.3. The van der Waals surface area contributed by atoms with Crippen LogP contribution in [0.2, 0.25) is 0 Å². The van der Waals surface area contributed by atoms with Crippen molar-refractivity contribution in [1.82, 2.24) is 24.1 Å². The van der Waals surface area contributed by atoms with Crippen LogP contribution in [0.5, 0.6) is 0 Å². The molecule has 0 spiro atoms. The minimum Gasteiger partial charge on any atom is -0.388 e. The molecule has 9 nitrogen and oxygen atoms in total. The van der Waals surface area contributed by atoms with Gasteiger partial charge in [-0.05, 0) is 48.4 Å². The smallest absolute Gasteiger partial charge is 0.296 e. The Kier molecular flexibility index (Phi) is 6.23. The summed E-state index contributed by atoms with van der Waals surface area (Å²) in [6.45, 7) is 4.02. The van der Waals surface area contributed by atoms with E-state index >= 15 is 0 Å². The van der Waals surface area contributed by atoms with Crippen LogP contribution in [0, 0.1) is 0 Å². The molecule has 196 valence electrons.